The van der Waals surface area contributed by atoms with Gasteiger partial charge in [0.1, 0.15) is 5.65 Å². The predicted molar refractivity (Wildman–Crippen MR) is 129 cm³/mol. The van der Waals surface area contributed by atoms with Gasteiger partial charge < -0.3 is 10.3 Å². The second kappa shape index (κ2) is 8.90. The largest absolute Gasteiger partial charge is 0.352 e. The van der Waals surface area contributed by atoms with Crippen LogP contribution in [0, 0.1) is 0 Å². The summed E-state index contributed by atoms with van der Waals surface area (Å²) >= 11 is 0. The molecule has 2 aromatic heterocycles. The van der Waals surface area contributed by atoms with Crippen LogP contribution in [0.25, 0.3) is 33.3 Å². The highest BCUT2D eigenvalue weighted by Crippen LogP contribution is 2.31. The van der Waals surface area contributed by atoms with Gasteiger partial charge in [-0.3, -0.25) is 4.79 Å². The zero-order valence-corrected chi connectivity index (χ0v) is 17.6. The first-order valence-electron chi connectivity index (χ1n) is 10.7. The van der Waals surface area contributed by atoms with Gasteiger partial charge in [-0.25, -0.2) is 4.98 Å². The lowest BCUT2D eigenvalue weighted by molar-refractivity contribution is -0.120. The maximum absolute atomic E-state index is 12.3. The molecule has 2 N–H and O–H groups in total. The number of carbonyl (C=O) groups is 1. The summed E-state index contributed by atoms with van der Waals surface area (Å²) in [6.07, 6.45) is 4.28. The standard InChI is InChI=1S/C28H23N3O/c32-27(15-20-8-3-1-4-9-20)29-17-21-10-7-13-23(14-21)26-19-31-28-25(26)16-24(18-30-28)22-11-5-2-6-12-22/h1-14,16,18-19H,15,17H2,(H,29,32)(H,30,31). The number of fused-ring (bicyclic) bond motifs is 1. The molecule has 0 aliphatic rings. The Morgan fingerprint density at radius 3 is 2.31 bits per heavy atom. The lowest BCUT2D eigenvalue weighted by Crippen LogP contribution is -2.24. The number of rotatable bonds is 6. The number of nitrogens with one attached hydrogen (secondary N) is 2. The van der Waals surface area contributed by atoms with E-state index in [4.69, 9.17) is 0 Å². The maximum atomic E-state index is 12.3. The number of H-pyrrole nitrogens is 1. The van der Waals surface area contributed by atoms with Crippen LogP contribution in [0.1, 0.15) is 11.1 Å². The molecule has 0 radical (unpaired) electrons. The van der Waals surface area contributed by atoms with E-state index in [-0.39, 0.29) is 5.91 Å². The number of benzene rings is 3. The fourth-order valence-electron chi connectivity index (χ4n) is 3.92. The summed E-state index contributed by atoms with van der Waals surface area (Å²) in [7, 11) is 0. The first-order valence-corrected chi connectivity index (χ1v) is 10.7. The molecule has 5 rings (SSSR count). The van der Waals surface area contributed by atoms with Crippen molar-refractivity contribution in [1.82, 2.24) is 15.3 Å². The second-order valence-electron chi connectivity index (χ2n) is 7.83. The maximum Gasteiger partial charge on any atom is 0.224 e. The molecule has 1 amide bonds. The molecule has 0 spiro atoms. The number of amides is 1. The number of carbonyl (C=O) groups excluding carboxylic acids is 1. The number of pyridine rings is 1. The SMILES string of the molecule is O=C(Cc1ccccc1)NCc1cccc(-c2c[nH]c3ncc(-c4ccccc4)cc23)c1. The van der Waals surface area contributed by atoms with Crippen LogP contribution < -0.4 is 5.32 Å². The first-order chi connectivity index (χ1) is 15.8. The van der Waals surface area contributed by atoms with Crippen molar-refractivity contribution in [3.63, 3.8) is 0 Å². The molecular weight excluding hydrogens is 394 g/mol. The molecule has 156 valence electrons. The van der Waals surface area contributed by atoms with Crippen LogP contribution in [0.3, 0.4) is 0 Å². The third kappa shape index (κ3) is 4.30. The van der Waals surface area contributed by atoms with E-state index in [0.717, 1.165) is 44.4 Å². The monoisotopic (exact) mass is 417 g/mol. The van der Waals surface area contributed by atoms with Gasteiger partial charge >= 0.3 is 0 Å². The minimum Gasteiger partial charge on any atom is -0.352 e. The molecule has 32 heavy (non-hydrogen) atoms. The fraction of sp³-hybridized carbons (Fsp3) is 0.0714. The minimum absolute atomic E-state index is 0.0189. The summed E-state index contributed by atoms with van der Waals surface area (Å²) in [5, 5.41) is 4.11. The number of aromatic amines is 1. The van der Waals surface area contributed by atoms with Crippen molar-refractivity contribution in [2.45, 2.75) is 13.0 Å². The van der Waals surface area contributed by atoms with Gasteiger partial charge in [0.05, 0.1) is 6.42 Å². The highest BCUT2D eigenvalue weighted by molar-refractivity contribution is 5.95. The lowest BCUT2D eigenvalue weighted by atomic mass is 10.0. The van der Waals surface area contributed by atoms with E-state index in [1.807, 2.05) is 73.1 Å². The molecule has 0 aliphatic heterocycles. The van der Waals surface area contributed by atoms with Crippen molar-refractivity contribution in [3.8, 4) is 22.3 Å². The number of hydrogen-bond donors (Lipinski definition) is 2. The van der Waals surface area contributed by atoms with Crippen LogP contribution >= 0.6 is 0 Å². The molecule has 0 saturated carbocycles. The molecule has 0 aliphatic carbocycles. The molecule has 0 atom stereocenters. The van der Waals surface area contributed by atoms with Gasteiger partial charge in [-0.15, -0.1) is 0 Å². The van der Waals surface area contributed by atoms with E-state index >= 15 is 0 Å². The Morgan fingerprint density at radius 2 is 1.50 bits per heavy atom. The second-order valence-corrected chi connectivity index (χ2v) is 7.83. The average molecular weight is 418 g/mol. The van der Waals surface area contributed by atoms with E-state index in [0.29, 0.717) is 13.0 Å². The summed E-state index contributed by atoms with van der Waals surface area (Å²) in [4.78, 5) is 20.2. The van der Waals surface area contributed by atoms with Crippen LogP contribution in [0.15, 0.2) is 103 Å². The Hall–Kier alpha value is -4.18. The van der Waals surface area contributed by atoms with E-state index in [9.17, 15) is 4.79 Å². The van der Waals surface area contributed by atoms with E-state index in [1.165, 1.54) is 0 Å². The molecule has 2 heterocycles. The molecule has 0 fully saturated rings. The fourth-order valence-corrected chi connectivity index (χ4v) is 3.92. The number of nitrogens with zero attached hydrogens (tertiary/aromatic N) is 1. The van der Waals surface area contributed by atoms with E-state index < -0.39 is 0 Å². The number of aromatic nitrogens is 2. The molecule has 4 heteroatoms. The molecule has 0 bridgehead atoms. The minimum atomic E-state index is 0.0189. The average Bonchev–Trinajstić information content (AvgIpc) is 3.27. The van der Waals surface area contributed by atoms with E-state index in [2.05, 4.69) is 45.6 Å². The van der Waals surface area contributed by atoms with Crippen molar-refractivity contribution < 1.29 is 4.79 Å². The Bertz CT molecular complexity index is 1360. The quantitative estimate of drug-likeness (QED) is 0.369. The summed E-state index contributed by atoms with van der Waals surface area (Å²) in [6.45, 7) is 0.495. The summed E-state index contributed by atoms with van der Waals surface area (Å²) in [5.41, 5.74) is 7.36. The zero-order valence-electron chi connectivity index (χ0n) is 17.6. The highest BCUT2D eigenvalue weighted by atomic mass is 16.1. The van der Waals surface area contributed by atoms with Crippen LogP contribution in [0.5, 0.6) is 0 Å². The van der Waals surface area contributed by atoms with Crippen LogP contribution in [0.2, 0.25) is 0 Å². The van der Waals surface area contributed by atoms with Crippen LogP contribution in [0.4, 0.5) is 0 Å². The van der Waals surface area contributed by atoms with Crippen molar-refractivity contribution >= 4 is 16.9 Å². The van der Waals surface area contributed by atoms with Gasteiger partial charge in [0.25, 0.3) is 0 Å². The first kappa shape index (κ1) is 19.8. The molecule has 0 unspecified atom stereocenters. The van der Waals surface area contributed by atoms with Gasteiger partial charge in [-0.2, -0.15) is 0 Å². The van der Waals surface area contributed by atoms with Crippen molar-refractivity contribution in [3.05, 3.63) is 115 Å². The van der Waals surface area contributed by atoms with Gasteiger partial charge in [-0.1, -0.05) is 78.9 Å². The van der Waals surface area contributed by atoms with Crippen LogP contribution in [-0.4, -0.2) is 15.9 Å². The van der Waals surface area contributed by atoms with Crippen molar-refractivity contribution in [2.75, 3.05) is 0 Å². The molecule has 0 saturated heterocycles. The third-order valence-corrected chi connectivity index (χ3v) is 5.57. The molecule has 4 nitrogen and oxygen atoms in total. The Morgan fingerprint density at radius 1 is 0.781 bits per heavy atom. The zero-order chi connectivity index (χ0) is 21.8. The lowest BCUT2D eigenvalue weighted by Gasteiger charge is -2.08. The van der Waals surface area contributed by atoms with Gasteiger partial charge in [0.2, 0.25) is 5.91 Å². The smallest absolute Gasteiger partial charge is 0.224 e. The summed E-state index contributed by atoms with van der Waals surface area (Å²) in [5.74, 6) is 0.0189. The van der Waals surface area contributed by atoms with Gasteiger partial charge in [-0.05, 0) is 34.4 Å². The Labute approximate surface area is 187 Å². The van der Waals surface area contributed by atoms with Crippen LogP contribution in [-0.2, 0) is 17.8 Å². The topological polar surface area (TPSA) is 57.8 Å². The Kier molecular flexibility index (Phi) is 5.50. The summed E-state index contributed by atoms with van der Waals surface area (Å²) < 4.78 is 0. The number of hydrogen-bond acceptors (Lipinski definition) is 2. The van der Waals surface area contributed by atoms with Gasteiger partial charge in [0, 0.05) is 35.5 Å². The molecule has 5 aromatic rings. The third-order valence-electron chi connectivity index (χ3n) is 5.57. The normalized spacial score (nSPS) is 10.9. The van der Waals surface area contributed by atoms with Gasteiger partial charge in [0.15, 0.2) is 0 Å². The highest BCUT2D eigenvalue weighted by Gasteiger charge is 2.10. The predicted octanol–water partition coefficient (Wildman–Crippen LogP) is 5.76. The molecular formula is C28H23N3O. The Balaban J connectivity index is 1.36. The van der Waals surface area contributed by atoms with Crippen molar-refractivity contribution in [1.29, 1.82) is 0 Å². The van der Waals surface area contributed by atoms with E-state index in [1.54, 1.807) is 0 Å². The summed E-state index contributed by atoms with van der Waals surface area (Å²) in [6, 6.07) is 30.5. The molecule has 3 aromatic carbocycles. The van der Waals surface area contributed by atoms with Crippen molar-refractivity contribution in [2.24, 2.45) is 0 Å².